The zero-order chi connectivity index (χ0) is 18.5. The first-order chi connectivity index (χ1) is 12.5. The molecule has 0 unspecified atom stereocenters. The molecule has 3 rings (SSSR count). The molecular formula is C19H17F2N3OS. The van der Waals surface area contributed by atoms with Crippen molar-refractivity contribution >= 4 is 22.4 Å². The first-order valence-electron chi connectivity index (χ1n) is 7.94. The minimum atomic E-state index is -0.310. The molecule has 1 heterocycles. The van der Waals surface area contributed by atoms with Crippen LogP contribution in [0.15, 0.2) is 53.9 Å². The minimum absolute atomic E-state index is 0.111. The summed E-state index contributed by atoms with van der Waals surface area (Å²) < 4.78 is 26.6. The highest BCUT2D eigenvalue weighted by Gasteiger charge is 2.12. The molecule has 0 spiro atoms. The van der Waals surface area contributed by atoms with Crippen molar-refractivity contribution in [1.82, 2.24) is 9.88 Å². The number of anilines is 1. The summed E-state index contributed by atoms with van der Waals surface area (Å²) in [6.45, 7) is 0.443. The molecule has 0 atom stereocenters. The van der Waals surface area contributed by atoms with Crippen molar-refractivity contribution in [3.63, 3.8) is 0 Å². The molecular weight excluding hydrogens is 356 g/mol. The van der Waals surface area contributed by atoms with Crippen molar-refractivity contribution < 1.29 is 13.6 Å². The van der Waals surface area contributed by atoms with Gasteiger partial charge < -0.3 is 5.32 Å². The fourth-order valence-electron chi connectivity index (χ4n) is 2.46. The predicted octanol–water partition coefficient (Wildman–Crippen LogP) is 4.16. The lowest BCUT2D eigenvalue weighted by Crippen LogP contribution is -2.30. The number of nitrogens with zero attached hydrogens (tertiary/aromatic N) is 2. The third kappa shape index (κ3) is 4.71. The molecule has 2 aromatic carbocycles. The molecule has 0 fully saturated rings. The van der Waals surface area contributed by atoms with Crippen LogP contribution in [0.5, 0.6) is 0 Å². The Bertz CT molecular complexity index is 896. The number of thiazole rings is 1. The van der Waals surface area contributed by atoms with E-state index in [1.807, 2.05) is 0 Å². The lowest BCUT2D eigenvalue weighted by atomic mass is 10.2. The number of rotatable bonds is 6. The van der Waals surface area contributed by atoms with E-state index in [1.54, 1.807) is 47.7 Å². The third-order valence-electron chi connectivity index (χ3n) is 3.70. The summed E-state index contributed by atoms with van der Waals surface area (Å²) in [6.07, 6.45) is 0. The van der Waals surface area contributed by atoms with E-state index in [4.69, 9.17) is 0 Å². The summed E-state index contributed by atoms with van der Waals surface area (Å²) in [5.41, 5.74) is 1.99. The summed E-state index contributed by atoms with van der Waals surface area (Å²) in [6, 6.07) is 12.5. The Morgan fingerprint density at radius 1 is 1.15 bits per heavy atom. The summed E-state index contributed by atoms with van der Waals surface area (Å²) in [7, 11) is 1.75. The van der Waals surface area contributed by atoms with Crippen LogP contribution in [0.4, 0.5) is 13.9 Å². The van der Waals surface area contributed by atoms with Crippen LogP contribution in [-0.2, 0) is 11.3 Å². The second-order valence-electron chi connectivity index (χ2n) is 5.86. The van der Waals surface area contributed by atoms with Crippen LogP contribution in [0.25, 0.3) is 11.3 Å². The Labute approximate surface area is 154 Å². The Morgan fingerprint density at radius 2 is 1.88 bits per heavy atom. The Balaban J connectivity index is 1.56. The number of amides is 1. The lowest BCUT2D eigenvalue weighted by molar-refractivity contribution is -0.117. The standard InChI is InChI=1S/C19H17F2N3OS/c1-24(10-14-4-2-3-5-16(14)21)11-18(25)23-19-22-17(12-26-19)13-6-8-15(20)9-7-13/h2-9,12H,10-11H2,1H3,(H,22,23,25). The molecule has 1 N–H and O–H groups in total. The molecule has 26 heavy (non-hydrogen) atoms. The Kier molecular flexibility index (Phi) is 5.70. The average Bonchev–Trinajstić information content (AvgIpc) is 3.05. The van der Waals surface area contributed by atoms with Crippen LogP contribution in [0.2, 0.25) is 0 Å². The summed E-state index contributed by atoms with van der Waals surface area (Å²) >= 11 is 1.30. The largest absolute Gasteiger partial charge is 0.301 e. The smallest absolute Gasteiger partial charge is 0.240 e. The van der Waals surface area contributed by atoms with Crippen molar-refractivity contribution in [3.8, 4) is 11.3 Å². The molecule has 7 heteroatoms. The van der Waals surface area contributed by atoms with Gasteiger partial charge in [0.25, 0.3) is 0 Å². The highest BCUT2D eigenvalue weighted by atomic mass is 32.1. The molecule has 1 aromatic heterocycles. The van der Waals surface area contributed by atoms with E-state index in [0.29, 0.717) is 22.9 Å². The number of hydrogen-bond donors (Lipinski definition) is 1. The third-order valence-corrected chi connectivity index (χ3v) is 4.46. The van der Waals surface area contributed by atoms with Crippen LogP contribution >= 0.6 is 11.3 Å². The minimum Gasteiger partial charge on any atom is -0.301 e. The van der Waals surface area contributed by atoms with E-state index < -0.39 is 0 Å². The van der Waals surface area contributed by atoms with Gasteiger partial charge in [-0.05, 0) is 37.4 Å². The summed E-state index contributed by atoms with van der Waals surface area (Å²) in [5, 5.41) is 5.00. The van der Waals surface area contributed by atoms with Crippen molar-refractivity contribution in [3.05, 3.63) is 71.1 Å². The number of benzene rings is 2. The molecule has 134 valence electrons. The number of hydrogen-bond acceptors (Lipinski definition) is 4. The van der Waals surface area contributed by atoms with Gasteiger partial charge in [-0.15, -0.1) is 11.3 Å². The van der Waals surface area contributed by atoms with Crippen LogP contribution in [-0.4, -0.2) is 29.4 Å². The summed E-state index contributed by atoms with van der Waals surface area (Å²) in [4.78, 5) is 18.2. The molecule has 0 saturated carbocycles. The topological polar surface area (TPSA) is 45.2 Å². The normalized spacial score (nSPS) is 10.9. The first kappa shape index (κ1) is 18.2. The molecule has 0 aliphatic rings. The zero-order valence-electron chi connectivity index (χ0n) is 14.1. The van der Waals surface area contributed by atoms with Gasteiger partial charge in [0.2, 0.25) is 5.91 Å². The number of halogens is 2. The van der Waals surface area contributed by atoms with Gasteiger partial charge in [0, 0.05) is 23.1 Å². The van der Waals surface area contributed by atoms with Gasteiger partial charge in [-0.1, -0.05) is 18.2 Å². The van der Waals surface area contributed by atoms with E-state index in [-0.39, 0.29) is 24.1 Å². The van der Waals surface area contributed by atoms with Crippen molar-refractivity contribution in [2.24, 2.45) is 0 Å². The molecule has 0 aliphatic carbocycles. The average molecular weight is 373 g/mol. The maximum atomic E-state index is 13.7. The van der Waals surface area contributed by atoms with Gasteiger partial charge in [0.15, 0.2) is 5.13 Å². The number of carbonyl (C=O) groups excluding carboxylic acids is 1. The number of carbonyl (C=O) groups is 1. The van der Waals surface area contributed by atoms with Gasteiger partial charge in [-0.25, -0.2) is 13.8 Å². The molecule has 4 nitrogen and oxygen atoms in total. The molecule has 1 amide bonds. The lowest BCUT2D eigenvalue weighted by Gasteiger charge is -2.16. The fourth-order valence-corrected chi connectivity index (χ4v) is 3.20. The molecule has 3 aromatic rings. The highest BCUT2D eigenvalue weighted by Crippen LogP contribution is 2.25. The van der Waals surface area contributed by atoms with E-state index in [9.17, 15) is 13.6 Å². The van der Waals surface area contributed by atoms with Crippen molar-refractivity contribution in [1.29, 1.82) is 0 Å². The molecule has 0 aliphatic heterocycles. The Hall–Kier alpha value is -2.64. The van der Waals surface area contributed by atoms with Gasteiger partial charge in [-0.3, -0.25) is 9.69 Å². The summed E-state index contributed by atoms with van der Waals surface area (Å²) in [5.74, 6) is -0.831. The second-order valence-corrected chi connectivity index (χ2v) is 6.71. The van der Waals surface area contributed by atoms with Gasteiger partial charge in [-0.2, -0.15) is 0 Å². The van der Waals surface area contributed by atoms with E-state index >= 15 is 0 Å². The Morgan fingerprint density at radius 3 is 2.62 bits per heavy atom. The molecule has 0 bridgehead atoms. The second kappa shape index (κ2) is 8.16. The van der Waals surface area contributed by atoms with Crippen LogP contribution in [0.3, 0.4) is 0 Å². The SMILES string of the molecule is CN(CC(=O)Nc1nc(-c2ccc(F)cc2)cs1)Cc1ccccc1F. The monoisotopic (exact) mass is 373 g/mol. The highest BCUT2D eigenvalue weighted by molar-refractivity contribution is 7.14. The van der Waals surface area contributed by atoms with Crippen LogP contribution in [0.1, 0.15) is 5.56 Å². The number of nitrogens with one attached hydrogen (secondary N) is 1. The quantitative estimate of drug-likeness (QED) is 0.706. The van der Waals surface area contributed by atoms with Gasteiger partial charge in [0.1, 0.15) is 11.6 Å². The molecule has 0 saturated heterocycles. The van der Waals surface area contributed by atoms with Crippen molar-refractivity contribution in [2.45, 2.75) is 6.54 Å². The fraction of sp³-hybridized carbons (Fsp3) is 0.158. The number of likely N-dealkylation sites (N-methyl/N-ethyl adjacent to an activating group) is 1. The zero-order valence-corrected chi connectivity index (χ0v) is 14.9. The van der Waals surface area contributed by atoms with Crippen molar-refractivity contribution in [2.75, 3.05) is 18.9 Å². The van der Waals surface area contributed by atoms with Crippen LogP contribution in [0, 0.1) is 11.6 Å². The van der Waals surface area contributed by atoms with Gasteiger partial charge in [0.05, 0.1) is 12.2 Å². The maximum Gasteiger partial charge on any atom is 0.240 e. The van der Waals surface area contributed by atoms with Gasteiger partial charge >= 0.3 is 0 Å². The number of aromatic nitrogens is 1. The predicted molar refractivity (Wildman–Crippen MR) is 98.9 cm³/mol. The van der Waals surface area contributed by atoms with Crippen LogP contribution < -0.4 is 5.32 Å². The van der Waals surface area contributed by atoms with E-state index in [0.717, 1.165) is 5.56 Å². The van der Waals surface area contributed by atoms with E-state index in [1.165, 1.54) is 29.5 Å². The molecule has 0 radical (unpaired) electrons. The van der Waals surface area contributed by atoms with E-state index in [2.05, 4.69) is 10.3 Å². The first-order valence-corrected chi connectivity index (χ1v) is 8.82. The maximum absolute atomic E-state index is 13.7.